The van der Waals surface area contributed by atoms with E-state index in [0.717, 1.165) is 31.9 Å². The Morgan fingerprint density at radius 1 is 1.08 bits per heavy atom. The van der Waals surface area contributed by atoms with Gasteiger partial charge >= 0.3 is 0 Å². The maximum Gasteiger partial charge on any atom is 0.122 e. The van der Waals surface area contributed by atoms with Gasteiger partial charge in [0, 0.05) is 19.6 Å². The summed E-state index contributed by atoms with van der Waals surface area (Å²) in [6, 6.07) is 15.4. The van der Waals surface area contributed by atoms with Crippen LogP contribution in [0.4, 0.5) is 0 Å². The summed E-state index contributed by atoms with van der Waals surface area (Å²) in [4.78, 5) is 2.55. The first kappa shape index (κ1) is 19.8. The third-order valence-electron chi connectivity index (χ3n) is 4.88. The van der Waals surface area contributed by atoms with Gasteiger partial charge in [0.25, 0.3) is 0 Å². The third-order valence-corrected chi connectivity index (χ3v) is 4.88. The van der Waals surface area contributed by atoms with Crippen LogP contribution in [-0.2, 0) is 13.0 Å². The zero-order chi connectivity index (χ0) is 16.9. The molecule has 0 saturated carbocycles. The third kappa shape index (κ3) is 5.23. The summed E-state index contributed by atoms with van der Waals surface area (Å²) < 4.78 is 6.11. The second-order valence-electron chi connectivity index (χ2n) is 7.19. The summed E-state index contributed by atoms with van der Waals surface area (Å²) in [5, 5.41) is 0. The van der Waals surface area contributed by atoms with Crippen molar-refractivity contribution in [3.05, 3.63) is 64.7 Å². The van der Waals surface area contributed by atoms with Crippen molar-refractivity contribution in [2.75, 3.05) is 19.7 Å². The maximum absolute atomic E-state index is 6.11. The molecule has 136 valence electrons. The molecule has 1 aliphatic heterocycles. The Hall–Kier alpha value is -1.51. The van der Waals surface area contributed by atoms with Gasteiger partial charge in [0.05, 0.1) is 6.61 Å². The summed E-state index contributed by atoms with van der Waals surface area (Å²) in [5.41, 5.74) is 5.59. The highest BCUT2D eigenvalue weighted by Crippen LogP contribution is 2.27. The summed E-state index contributed by atoms with van der Waals surface area (Å²) in [5.74, 6) is 1.56. The Kier molecular flexibility index (Phi) is 7.34. The molecule has 0 N–H and O–H groups in total. The number of nitrogens with zero attached hydrogens (tertiary/aromatic N) is 1. The highest BCUT2D eigenvalue weighted by Gasteiger charge is 2.15. The van der Waals surface area contributed by atoms with Crippen LogP contribution in [0, 0.1) is 6.92 Å². The monoisotopic (exact) mass is 359 g/mol. The molecule has 0 unspecified atom stereocenters. The maximum atomic E-state index is 6.11. The molecule has 0 aromatic heterocycles. The number of fused-ring (bicyclic) bond motifs is 1. The fourth-order valence-corrected chi connectivity index (χ4v) is 3.46. The minimum atomic E-state index is 0. The molecule has 2 nitrogen and oxygen atoms in total. The Labute approximate surface area is 158 Å². The van der Waals surface area contributed by atoms with Gasteiger partial charge in [-0.05, 0) is 54.0 Å². The Morgan fingerprint density at radius 2 is 1.84 bits per heavy atom. The highest BCUT2D eigenvalue weighted by atomic mass is 35.5. The van der Waals surface area contributed by atoms with Crippen molar-refractivity contribution >= 4 is 12.4 Å². The number of hydrogen-bond donors (Lipinski definition) is 0. The van der Waals surface area contributed by atoms with Gasteiger partial charge in [0.2, 0.25) is 0 Å². The van der Waals surface area contributed by atoms with E-state index in [-0.39, 0.29) is 12.4 Å². The molecule has 3 heteroatoms. The van der Waals surface area contributed by atoms with Crippen molar-refractivity contribution in [3.8, 4) is 5.75 Å². The van der Waals surface area contributed by atoms with Gasteiger partial charge < -0.3 is 4.74 Å². The van der Waals surface area contributed by atoms with E-state index in [1.54, 1.807) is 0 Å². The smallest absolute Gasteiger partial charge is 0.122 e. The predicted molar refractivity (Wildman–Crippen MR) is 108 cm³/mol. The Bertz CT molecular complexity index is 683. The first-order valence-electron chi connectivity index (χ1n) is 9.16. The van der Waals surface area contributed by atoms with Crippen molar-refractivity contribution < 1.29 is 4.74 Å². The van der Waals surface area contributed by atoms with E-state index >= 15 is 0 Å². The SMILES string of the molecule is Cc1ccc(C(C)C)c(OCCCN2CCc3ccccc3C2)c1.Cl. The first-order chi connectivity index (χ1) is 11.6. The van der Waals surface area contributed by atoms with Gasteiger partial charge in [-0.2, -0.15) is 0 Å². The zero-order valence-corrected chi connectivity index (χ0v) is 16.4. The molecular weight excluding hydrogens is 330 g/mol. The molecule has 0 atom stereocenters. The van der Waals surface area contributed by atoms with Crippen molar-refractivity contribution in [2.24, 2.45) is 0 Å². The quantitative estimate of drug-likeness (QED) is 0.643. The first-order valence-corrected chi connectivity index (χ1v) is 9.16. The fraction of sp³-hybridized carbons (Fsp3) is 0.455. The van der Waals surface area contributed by atoms with Crippen LogP contribution >= 0.6 is 12.4 Å². The average Bonchev–Trinajstić information content (AvgIpc) is 2.58. The number of ether oxygens (including phenoxy) is 1. The molecule has 0 saturated heterocycles. The molecule has 0 bridgehead atoms. The van der Waals surface area contributed by atoms with Gasteiger partial charge in [0.1, 0.15) is 5.75 Å². The fourth-order valence-electron chi connectivity index (χ4n) is 3.46. The van der Waals surface area contributed by atoms with Crippen LogP contribution in [0.3, 0.4) is 0 Å². The van der Waals surface area contributed by atoms with Crippen LogP contribution in [0.5, 0.6) is 5.75 Å². The summed E-state index contributed by atoms with van der Waals surface area (Å²) >= 11 is 0. The summed E-state index contributed by atoms with van der Waals surface area (Å²) in [6.07, 6.45) is 2.25. The lowest BCUT2D eigenvalue weighted by molar-refractivity contribution is 0.220. The molecule has 2 aromatic carbocycles. The molecule has 25 heavy (non-hydrogen) atoms. The number of hydrogen-bond acceptors (Lipinski definition) is 2. The van der Waals surface area contributed by atoms with Crippen LogP contribution in [0.1, 0.15) is 48.4 Å². The zero-order valence-electron chi connectivity index (χ0n) is 15.6. The van der Waals surface area contributed by atoms with Crippen molar-refractivity contribution in [1.82, 2.24) is 4.90 Å². The number of benzene rings is 2. The van der Waals surface area contributed by atoms with Crippen LogP contribution in [-0.4, -0.2) is 24.6 Å². The Balaban J connectivity index is 0.00000225. The van der Waals surface area contributed by atoms with E-state index < -0.39 is 0 Å². The van der Waals surface area contributed by atoms with Crippen LogP contribution in [0.15, 0.2) is 42.5 Å². The average molecular weight is 360 g/mol. The lowest BCUT2D eigenvalue weighted by Gasteiger charge is -2.28. The molecule has 0 aliphatic carbocycles. The normalized spacial score (nSPS) is 14.1. The molecule has 3 rings (SSSR count). The van der Waals surface area contributed by atoms with E-state index in [0.29, 0.717) is 5.92 Å². The van der Waals surface area contributed by atoms with E-state index in [1.807, 2.05) is 0 Å². The summed E-state index contributed by atoms with van der Waals surface area (Å²) in [6.45, 7) is 10.7. The second-order valence-corrected chi connectivity index (χ2v) is 7.19. The minimum absolute atomic E-state index is 0. The topological polar surface area (TPSA) is 12.5 Å². The predicted octanol–water partition coefficient (Wildman–Crippen LogP) is 5.37. The number of aryl methyl sites for hydroxylation is 1. The molecule has 2 aromatic rings. The van der Waals surface area contributed by atoms with Crippen molar-refractivity contribution in [3.63, 3.8) is 0 Å². The van der Waals surface area contributed by atoms with Gasteiger partial charge in [-0.15, -0.1) is 12.4 Å². The molecule has 0 radical (unpaired) electrons. The number of halogens is 1. The molecular formula is C22H30ClNO. The van der Waals surface area contributed by atoms with Gasteiger partial charge in [-0.3, -0.25) is 4.90 Å². The lowest BCUT2D eigenvalue weighted by Crippen LogP contribution is -2.32. The van der Waals surface area contributed by atoms with Crippen molar-refractivity contribution in [2.45, 2.75) is 46.1 Å². The molecule has 0 spiro atoms. The van der Waals surface area contributed by atoms with Gasteiger partial charge in [0.15, 0.2) is 0 Å². The van der Waals surface area contributed by atoms with E-state index in [2.05, 4.69) is 68.1 Å². The van der Waals surface area contributed by atoms with Crippen LogP contribution in [0.2, 0.25) is 0 Å². The van der Waals surface area contributed by atoms with Crippen LogP contribution < -0.4 is 4.74 Å². The lowest BCUT2D eigenvalue weighted by atomic mass is 10.00. The van der Waals surface area contributed by atoms with Gasteiger partial charge in [-0.1, -0.05) is 50.2 Å². The molecule has 0 fully saturated rings. The summed E-state index contributed by atoms with van der Waals surface area (Å²) in [7, 11) is 0. The largest absolute Gasteiger partial charge is 0.493 e. The number of rotatable bonds is 6. The van der Waals surface area contributed by atoms with Gasteiger partial charge in [-0.25, -0.2) is 0 Å². The van der Waals surface area contributed by atoms with Crippen LogP contribution in [0.25, 0.3) is 0 Å². The van der Waals surface area contributed by atoms with E-state index in [4.69, 9.17) is 4.74 Å². The van der Waals surface area contributed by atoms with E-state index in [1.165, 1.54) is 35.2 Å². The highest BCUT2D eigenvalue weighted by molar-refractivity contribution is 5.85. The molecule has 1 heterocycles. The standard InChI is InChI=1S/C22H29NO.ClH/c1-17(2)21-10-9-18(3)15-22(21)24-14-6-12-23-13-11-19-7-4-5-8-20(19)16-23;/h4-5,7-10,15,17H,6,11-14,16H2,1-3H3;1H. The Morgan fingerprint density at radius 3 is 2.60 bits per heavy atom. The molecule has 1 aliphatic rings. The minimum Gasteiger partial charge on any atom is -0.493 e. The second kappa shape index (κ2) is 9.26. The molecule has 0 amide bonds. The van der Waals surface area contributed by atoms with E-state index in [9.17, 15) is 0 Å². The van der Waals surface area contributed by atoms with Crippen molar-refractivity contribution in [1.29, 1.82) is 0 Å².